The van der Waals surface area contributed by atoms with Crippen LogP contribution in [0.1, 0.15) is 26.3 Å². The van der Waals surface area contributed by atoms with E-state index >= 15 is 0 Å². The summed E-state index contributed by atoms with van der Waals surface area (Å²) in [7, 11) is 0. The highest BCUT2D eigenvalue weighted by Crippen LogP contribution is 2.15. The first-order valence-electron chi connectivity index (χ1n) is 5.84. The van der Waals surface area contributed by atoms with E-state index < -0.39 is 11.9 Å². The minimum Gasteiger partial charge on any atom is -0.489 e. The fourth-order valence-corrected chi connectivity index (χ4v) is 1.65. The molecule has 2 aromatic carbocycles. The van der Waals surface area contributed by atoms with Crippen molar-refractivity contribution in [3.8, 4) is 5.75 Å². The Labute approximate surface area is 115 Å². The van der Waals surface area contributed by atoms with Gasteiger partial charge in [0.2, 0.25) is 0 Å². The molecule has 0 saturated carbocycles. The zero-order valence-electron chi connectivity index (χ0n) is 10.4. The lowest BCUT2D eigenvalue weighted by Crippen LogP contribution is -2.00. The molecule has 2 aromatic rings. The Morgan fingerprint density at radius 3 is 2.15 bits per heavy atom. The van der Waals surface area contributed by atoms with Gasteiger partial charge in [-0.1, -0.05) is 12.1 Å². The van der Waals surface area contributed by atoms with Crippen LogP contribution in [-0.2, 0) is 6.61 Å². The topological polar surface area (TPSA) is 83.8 Å². The van der Waals surface area contributed by atoms with E-state index in [1.54, 1.807) is 24.3 Å². The number of aromatic carboxylic acids is 2. The predicted octanol–water partition coefficient (Wildman–Crippen LogP) is 2.66. The normalized spacial score (nSPS) is 10.0. The number of rotatable bonds is 5. The minimum absolute atomic E-state index is 0.185. The first kappa shape index (κ1) is 13.6. The molecule has 0 saturated heterocycles. The van der Waals surface area contributed by atoms with Crippen LogP contribution in [0.25, 0.3) is 0 Å². The zero-order valence-corrected chi connectivity index (χ0v) is 10.4. The second-order valence-electron chi connectivity index (χ2n) is 4.12. The van der Waals surface area contributed by atoms with Crippen LogP contribution >= 0.6 is 0 Å². The molecule has 2 rings (SSSR count). The van der Waals surface area contributed by atoms with E-state index in [1.165, 1.54) is 24.3 Å². The van der Waals surface area contributed by atoms with Crippen molar-refractivity contribution in [3.05, 3.63) is 65.2 Å². The Bertz CT molecular complexity index is 631. The lowest BCUT2D eigenvalue weighted by atomic mass is 10.1. The molecule has 20 heavy (non-hydrogen) atoms. The predicted molar refractivity (Wildman–Crippen MR) is 71.1 cm³/mol. The molecule has 102 valence electrons. The van der Waals surface area contributed by atoms with Crippen LogP contribution in [-0.4, -0.2) is 22.2 Å². The van der Waals surface area contributed by atoms with E-state index in [0.29, 0.717) is 5.75 Å². The molecule has 0 unspecified atom stereocenters. The third kappa shape index (κ3) is 3.35. The first-order valence-corrected chi connectivity index (χ1v) is 5.84. The molecule has 0 radical (unpaired) electrons. The molecule has 0 aliphatic carbocycles. The SMILES string of the molecule is O=C(O)c1ccc(OCc2cccc(C(=O)O)c2)cc1. The molecule has 2 N–H and O–H groups in total. The molecule has 0 spiro atoms. The lowest BCUT2D eigenvalue weighted by molar-refractivity contribution is 0.0686. The number of hydrogen-bond donors (Lipinski definition) is 2. The smallest absolute Gasteiger partial charge is 0.335 e. The second kappa shape index (κ2) is 5.88. The van der Waals surface area contributed by atoms with Gasteiger partial charge in [-0.2, -0.15) is 0 Å². The van der Waals surface area contributed by atoms with Gasteiger partial charge in [-0.3, -0.25) is 0 Å². The maximum absolute atomic E-state index is 10.8. The average Bonchev–Trinajstić information content (AvgIpc) is 2.46. The van der Waals surface area contributed by atoms with Crippen molar-refractivity contribution >= 4 is 11.9 Å². The van der Waals surface area contributed by atoms with Gasteiger partial charge in [-0.25, -0.2) is 9.59 Å². The van der Waals surface area contributed by atoms with Crippen molar-refractivity contribution in [3.63, 3.8) is 0 Å². The fourth-order valence-electron chi connectivity index (χ4n) is 1.65. The van der Waals surface area contributed by atoms with Crippen LogP contribution in [0.4, 0.5) is 0 Å². The van der Waals surface area contributed by atoms with E-state index in [0.717, 1.165) is 5.56 Å². The first-order chi connectivity index (χ1) is 9.56. The molecule has 0 bridgehead atoms. The van der Waals surface area contributed by atoms with Gasteiger partial charge in [0.25, 0.3) is 0 Å². The Balaban J connectivity index is 2.03. The average molecular weight is 272 g/mol. The molecule has 0 aromatic heterocycles. The molecule has 0 amide bonds. The Hall–Kier alpha value is -2.82. The summed E-state index contributed by atoms with van der Waals surface area (Å²) in [4.78, 5) is 21.5. The molecule has 0 aliphatic heterocycles. The largest absolute Gasteiger partial charge is 0.489 e. The number of hydrogen-bond acceptors (Lipinski definition) is 3. The summed E-state index contributed by atoms with van der Waals surface area (Å²) < 4.78 is 5.48. The van der Waals surface area contributed by atoms with Gasteiger partial charge in [0.1, 0.15) is 12.4 Å². The summed E-state index contributed by atoms with van der Waals surface area (Å²) in [6.45, 7) is 0.216. The summed E-state index contributed by atoms with van der Waals surface area (Å²) in [5.74, 6) is -1.46. The highest BCUT2D eigenvalue weighted by Gasteiger charge is 2.05. The van der Waals surface area contributed by atoms with Crippen molar-refractivity contribution in [2.45, 2.75) is 6.61 Å². The highest BCUT2D eigenvalue weighted by atomic mass is 16.5. The number of carboxylic acids is 2. The van der Waals surface area contributed by atoms with E-state index in [1.807, 2.05) is 0 Å². The third-order valence-corrected chi connectivity index (χ3v) is 2.68. The number of ether oxygens (including phenoxy) is 1. The maximum Gasteiger partial charge on any atom is 0.335 e. The quantitative estimate of drug-likeness (QED) is 0.874. The summed E-state index contributed by atoms with van der Waals surface area (Å²) in [5, 5.41) is 17.7. The monoisotopic (exact) mass is 272 g/mol. The van der Waals surface area contributed by atoms with Gasteiger partial charge in [0, 0.05) is 0 Å². The van der Waals surface area contributed by atoms with Gasteiger partial charge in [0.15, 0.2) is 0 Å². The third-order valence-electron chi connectivity index (χ3n) is 2.68. The van der Waals surface area contributed by atoms with E-state index in [2.05, 4.69) is 0 Å². The highest BCUT2D eigenvalue weighted by molar-refractivity contribution is 5.88. The van der Waals surface area contributed by atoms with Crippen molar-refractivity contribution < 1.29 is 24.5 Å². The number of carboxylic acid groups (broad SMARTS) is 2. The van der Waals surface area contributed by atoms with Crippen LogP contribution in [0.15, 0.2) is 48.5 Å². The second-order valence-corrected chi connectivity index (χ2v) is 4.12. The van der Waals surface area contributed by atoms with Gasteiger partial charge in [0.05, 0.1) is 11.1 Å². The van der Waals surface area contributed by atoms with Gasteiger partial charge < -0.3 is 14.9 Å². The molecular formula is C15H12O5. The molecule has 5 nitrogen and oxygen atoms in total. The van der Waals surface area contributed by atoms with Crippen molar-refractivity contribution in [2.24, 2.45) is 0 Å². The Morgan fingerprint density at radius 2 is 1.55 bits per heavy atom. The maximum atomic E-state index is 10.8. The van der Waals surface area contributed by atoms with Crippen molar-refractivity contribution in [1.82, 2.24) is 0 Å². The fraction of sp³-hybridized carbons (Fsp3) is 0.0667. The number of carbonyl (C=O) groups is 2. The molecule has 0 aliphatic rings. The van der Waals surface area contributed by atoms with Crippen LogP contribution < -0.4 is 4.74 Å². The summed E-state index contributed by atoms with van der Waals surface area (Å²) in [6, 6.07) is 12.5. The van der Waals surface area contributed by atoms with Crippen LogP contribution in [0.2, 0.25) is 0 Å². The van der Waals surface area contributed by atoms with Gasteiger partial charge in [-0.15, -0.1) is 0 Å². The van der Waals surface area contributed by atoms with E-state index in [9.17, 15) is 9.59 Å². The summed E-state index contributed by atoms with van der Waals surface area (Å²) in [6.07, 6.45) is 0. The molecule has 0 fully saturated rings. The van der Waals surface area contributed by atoms with Crippen LogP contribution in [0.5, 0.6) is 5.75 Å². The summed E-state index contributed by atoms with van der Waals surface area (Å²) in [5.41, 5.74) is 1.12. The lowest BCUT2D eigenvalue weighted by Gasteiger charge is -2.07. The van der Waals surface area contributed by atoms with Crippen molar-refractivity contribution in [1.29, 1.82) is 0 Å². The van der Waals surface area contributed by atoms with Crippen LogP contribution in [0, 0.1) is 0 Å². The van der Waals surface area contributed by atoms with E-state index in [-0.39, 0.29) is 17.7 Å². The van der Waals surface area contributed by atoms with Crippen LogP contribution in [0.3, 0.4) is 0 Å². The molecule has 0 heterocycles. The Kier molecular flexibility index (Phi) is 4.00. The van der Waals surface area contributed by atoms with E-state index in [4.69, 9.17) is 14.9 Å². The molecule has 0 atom stereocenters. The Morgan fingerprint density at radius 1 is 0.900 bits per heavy atom. The molecular weight excluding hydrogens is 260 g/mol. The zero-order chi connectivity index (χ0) is 14.5. The minimum atomic E-state index is -0.995. The standard InChI is InChI=1S/C15H12O5/c16-14(17)11-4-6-13(7-5-11)20-9-10-2-1-3-12(8-10)15(18)19/h1-8H,9H2,(H,16,17)(H,18,19). The van der Waals surface area contributed by atoms with Crippen molar-refractivity contribution in [2.75, 3.05) is 0 Å². The molecule has 5 heteroatoms. The summed E-state index contributed by atoms with van der Waals surface area (Å²) >= 11 is 0. The van der Waals surface area contributed by atoms with Gasteiger partial charge in [-0.05, 0) is 42.0 Å². The van der Waals surface area contributed by atoms with Gasteiger partial charge >= 0.3 is 11.9 Å². The number of benzene rings is 2.